The van der Waals surface area contributed by atoms with Crippen molar-refractivity contribution in [2.24, 2.45) is 5.92 Å². The van der Waals surface area contributed by atoms with Crippen LogP contribution in [0.25, 0.3) is 0 Å². The average Bonchev–Trinajstić information content (AvgIpc) is 2.29. The first-order valence-electron chi connectivity index (χ1n) is 6.90. The van der Waals surface area contributed by atoms with E-state index in [1.54, 1.807) is 0 Å². The summed E-state index contributed by atoms with van der Waals surface area (Å²) >= 11 is 5.97. The Kier molecular flexibility index (Phi) is 5.64. The Balaban J connectivity index is 2.92. The number of hydrogen-bond acceptors (Lipinski definition) is 1. The fourth-order valence-electron chi connectivity index (χ4n) is 1.97. The van der Waals surface area contributed by atoms with Crippen LogP contribution >= 0.6 is 11.6 Å². The number of nitrogens with one attached hydrogen (secondary N) is 1. The molecule has 0 fully saturated rings. The Labute approximate surface area is 123 Å². The van der Waals surface area contributed by atoms with E-state index >= 15 is 0 Å². The van der Waals surface area contributed by atoms with E-state index in [2.05, 4.69) is 58.6 Å². The van der Waals surface area contributed by atoms with E-state index in [0.29, 0.717) is 11.8 Å². The highest BCUT2D eigenvalue weighted by molar-refractivity contribution is 6.30. The highest BCUT2D eigenvalue weighted by atomic mass is 35.5. The lowest BCUT2D eigenvalue weighted by Crippen LogP contribution is -2.39. The maximum absolute atomic E-state index is 5.97. The Bertz CT molecular complexity index is 412. The third-order valence-electron chi connectivity index (χ3n) is 3.30. The highest BCUT2D eigenvalue weighted by Gasteiger charge is 2.20. The summed E-state index contributed by atoms with van der Waals surface area (Å²) in [5.74, 6) is 0.805. The van der Waals surface area contributed by atoms with Crippen molar-refractivity contribution in [3.8, 4) is 0 Å². The normalized spacial score (nSPS) is 13.6. The molecule has 0 heterocycles. The van der Waals surface area contributed by atoms with Gasteiger partial charge in [0.05, 0.1) is 0 Å². The summed E-state index contributed by atoms with van der Waals surface area (Å²) in [6.07, 6.45) is 0. The predicted molar refractivity (Wildman–Crippen MR) is 85.9 cm³/mol. The Morgan fingerprint density at radius 2 is 1.74 bits per heavy atom. The molecule has 0 aliphatic rings. The average molecular weight is 280 g/mol. The van der Waals surface area contributed by atoms with Gasteiger partial charge in [-0.15, -0.1) is 0 Å². The van der Waals surface area contributed by atoms with Crippen LogP contribution in [0.5, 0.6) is 0 Å². The molecule has 0 saturated heterocycles. The van der Waals surface area contributed by atoms with Crippen LogP contribution < -0.4 is 5.32 Å². The van der Waals surface area contributed by atoms with E-state index < -0.39 is 0 Å². The van der Waals surface area contributed by atoms with Gasteiger partial charge in [0, 0.05) is 23.0 Å². The fraction of sp³-hybridized carbons (Fsp3) is 0.529. The molecule has 2 heteroatoms. The van der Waals surface area contributed by atoms with Gasteiger partial charge in [0.1, 0.15) is 0 Å². The molecule has 0 radical (unpaired) electrons. The first-order chi connectivity index (χ1) is 8.70. The van der Waals surface area contributed by atoms with Gasteiger partial charge in [-0.1, -0.05) is 49.7 Å². The molecule has 1 aromatic rings. The van der Waals surface area contributed by atoms with Gasteiger partial charge in [0.15, 0.2) is 0 Å². The molecular weight excluding hydrogens is 254 g/mol. The second-order valence-electron chi connectivity index (χ2n) is 6.46. The first-order valence-corrected chi connectivity index (χ1v) is 7.27. The zero-order valence-corrected chi connectivity index (χ0v) is 13.5. The summed E-state index contributed by atoms with van der Waals surface area (Å²) in [7, 11) is 0. The molecule has 1 nitrogen and oxygen atoms in total. The summed E-state index contributed by atoms with van der Waals surface area (Å²) in [5, 5.41) is 4.36. The minimum absolute atomic E-state index is 0.113. The van der Waals surface area contributed by atoms with Gasteiger partial charge in [-0.25, -0.2) is 0 Å². The molecule has 0 saturated carbocycles. The van der Waals surface area contributed by atoms with Crippen LogP contribution in [-0.4, -0.2) is 12.1 Å². The van der Waals surface area contributed by atoms with Gasteiger partial charge in [-0.3, -0.25) is 0 Å². The zero-order valence-electron chi connectivity index (χ0n) is 12.8. The molecule has 0 aliphatic heterocycles. The largest absolute Gasteiger partial charge is 0.311 e. The summed E-state index contributed by atoms with van der Waals surface area (Å²) in [5.41, 5.74) is 2.65. The second kappa shape index (κ2) is 6.58. The standard InChI is InChI=1S/C17H26ClN/c1-12(2)13(3)16(11-19-17(4,5)6)14-7-9-15(18)10-8-14/h7-10,12,16,19H,3,11H2,1-2,4-6H3. The number of rotatable bonds is 5. The molecule has 0 bridgehead atoms. The summed E-state index contributed by atoms with van der Waals surface area (Å²) in [4.78, 5) is 0. The van der Waals surface area contributed by atoms with Crippen molar-refractivity contribution >= 4 is 11.6 Å². The third-order valence-corrected chi connectivity index (χ3v) is 3.55. The van der Waals surface area contributed by atoms with Gasteiger partial charge in [-0.05, 0) is 44.4 Å². The summed E-state index contributed by atoms with van der Waals surface area (Å²) in [6, 6.07) is 8.11. The van der Waals surface area contributed by atoms with Crippen molar-refractivity contribution in [2.75, 3.05) is 6.54 Å². The minimum atomic E-state index is 0.113. The van der Waals surface area contributed by atoms with Crippen molar-refractivity contribution in [3.63, 3.8) is 0 Å². The van der Waals surface area contributed by atoms with E-state index in [-0.39, 0.29) is 5.54 Å². The molecule has 0 aromatic heterocycles. The summed E-state index contributed by atoms with van der Waals surface area (Å²) < 4.78 is 0. The van der Waals surface area contributed by atoms with E-state index in [9.17, 15) is 0 Å². The van der Waals surface area contributed by atoms with Crippen LogP contribution in [0.3, 0.4) is 0 Å². The van der Waals surface area contributed by atoms with Crippen LogP contribution in [0.2, 0.25) is 5.02 Å². The highest BCUT2D eigenvalue weighted by Crippen LogP contribution is 2.29. The van der Waals surface area contributed by atoms with Crippen LogP contribution in [0.15, 0.2) is 36.4 Å². The van der Waals surface area contributed by atoms with Gasteiger partial charge in [0.2, 0.25) is 0 Å². The van der Waals surface area contributed by atoms with Crippen molar-refractivity contribution in [1.29, 1.82) is 0 Å². The fourth-order valence-corrected chi connectivity index (χ4v) is 2.09. The topological polar surface area (TPSA) is 12.0 Å². The Morgan fingerprint density at radius 3 is 2.16 bits per heavy atom. The monoisotopic (exact) mass is 279 g/mol. The predicted octanol–water partition coefficient (Wildman–Crippen LogP) is 5.02. The van der Waals surface area contributed by atoms with E-state index in [1.807, 2.05) is 12.1 Å². The maximum Gasteiger partial charge on any atom is 0.0406 e. The SMILES string of the molecule is C=C(C(C)C)C(CNC(C)(C)C)c1ccc(Cl)cc1. The van der Waals surface area contributed by atoms with Gasteiger partial charge in [0.25, 0.3) is 0 Å². The Morgan fingerprint density at radius 1 is 1.21 bits per heavy atom. The van der Waals surface area contributed by atoms with E-state index in [4.69, 9.17) is 11.6 Å². The van der Waals surface area contributed by atoms with Crippen molar-refractivity contribution in [1.82, 2.24) is 5.32 Å². The zero-order chi connectivity index (χ0) is 14.6. The van der Waals surface area contributed by atoms with Crippen LogP contribution in [0.1, 0.15) is 46.1 Å². The van der Waals surface area contributed by atoms with Crippen molar-refractivity contribution in [3.05, 3.63) is 47.0 Å². The number of benzene rings is 1. The third kappa shape index (κ3) is 5.38. The molecule has 19 heavy (non-hydrogen) atoms. The van der Waals surface area contributed by atoms with Gasteiger partial charge < -0.3 is 5.32 Å². The van der Waals surface area contributed by atoms with Crippen LogP contribution in [0, 0.1) is 5.92 Å². The molecule has 1 aromatic carbocycles. The molecule has 0 amide bonds. The maximum atomic E-state index is 5.97. The Hall–Kier alpha value is -0.790. The summed E-state index contributed by atoms with van der Waals surface area (Å²) in [6.45, 7) is 16.1. The molecule has 1 atom stereocenters. The second-order valence-corrected chi connectivity index (χ2v) is 6.90. The molecule has 1 rings (SSSR count). The van der Waals surface area contributed by atoms with Crippen LogP contribution in [0.4, 0.5) is 0 Å². The molecule has 1 N–H and O–H groups in total. The number of hydrogen-bond donors (Lipinski definition) is 1. The van der Waals surface area contributed by atoms with Gasteiger partial charge in [-0.2, -0.15) is 0 Å². The smallest absolute Gasteiger partial charge is 0.0406 e. The molecule has 1 unspecified atom stereocenters. The van der Waals surface area contributed by atoms with E-state index in [0.717, 1.165) is 11.6 Å². The van der Waals surface area contributed by atoms with E-state index in [1.165, 1.54) is 11.1 Å². The van der Waals surface area contributed by atoms with Crippen LogP contribution in [-0.2, 0) is 0 Å². The molecule has 106 valence electrons. The van der Waals surface area contributed by atoms with Crippen molar-refractivity contribution in [2.45, 2.75) is 46.1 Å². The lowest BCUT2D eigenvalue weighted by atomic mass is 9.85. The first kappa shape index (κ1) is 16.3. The minimum Gasteiger partial charge on any atom is -0.311 e. The lowest BCUT2D eigenvalue weighted by Gasteiger charge is -2.28. The molecule has 0 aliphatic carbocycles. The lowest BCUT2D eigenvalue weighted by molar-refractivity contribution is 0.411. The number of halogens is 1. The quantitative estimate of drug-likeness (QED) is 0.746. The molecular formula is C17H26ClN. The van der Waals surface area contributed by atoms with Crippen molar-refractivity contribution < 1.29 is 0 Å². The molecule has 0 spiro atoms. The van der Waals surface area contributed by atoms with Gasteiger partial charge >= 0.3 is 0 Å².